The van der Waals surface area contributed by atoms with Gasteiger partial charge >= 0.3 is 0 Å². The number of nitrogens with zero attached hydrogens (tertiary/aromatic N) is 1. The van der Waals surface area contributed by atoms with Crippen molar-refractivity contribution in [3.63, 3.8) is 0 Å². The van der Waals surface area contributed by atoms with E-state index in [2.05, 4.69) is 38.5 Å². The van der Waals surface area contributed by atoms with Crippen LogP contribution in [0.5, 0.6) is 0 Å². The van der Waals surface area contributed by atoms with E-state index in [1.54, 1.807) is 11.3 Å². The number of aromatic nitrogens is 1. The van der Waals surface area contributed by atoms with Crippen LogP contribution in [0.4, 0.5) is 0 Å². The highest BCUT2D eigenvalue weighted by atomic mass is 79.9. The first kappa shape index (κ1) is 12.8. The van der Waals surface area contributed by atoms with Crippen molar-refractivity contribution in [2.45, 2.75) is 26.3 Å². The van der Waals surface area contributed by atoms with Crippen molar-refractivity contribution in [1.82, 2.24) is 10.3 Å². The minimum atomic E-state index is 0.188. The molecule has 1 unspecified atom stereocenters. The Balaban J connectivity index is 2.12. The second-order valence-corrected chi connectivity index (χ2v) is 5.66. The molecule has 0 aliphatic rings. The van der Waals surface area contributed by atoms with E-state index in [0.717, 1.165) is 34.1 Å². The maximum absolute atomic E-state index is 5.61. The minimum absolute atomic E-state index is 0.188. The van der Waals surface area contributed by atoms with E-state index in [1.807, 2.05) is 19.1 Å². The number of aryl methyl sites for hydroxylation is 1. The van der Waals surface area contributed by atoms with E-state index in [9.17, 15) is 0 Å². The molecule has 2 rings (SSSR count). The number of likely N-dealkylation sites (N-methyl/N-ethyl adjacent to an activating group) is 1. The van der Waals surface area contributed by atoms with Crippen molar-refractivity contribution in [3.05, 3.63) is 38.6 Å². The van der Waals surface area contributed by atoms with E-state index in [0.29, 0.717) is 0 Å². The summed E-state index contributed by atoms with van der Waals surface area (Å²) in [6.45, 7) is 5.03. The van der Waals surface area contributed by atoms with Gasteiger partial charge in [-0.2, -0.15) is 0 Å². The third-order valence-corrected chi connectivity index (χ3v) is 3.72. The molecule has 2 aromatic rings. The van der Waals surface area contributed by atoms with Gasteiger partial charge in [0.25, 0.3) is 0 Å². The molecular weight excluding hydrogens is 300 g/mol. The Kier molecular flexibility index (Phi) is 4.36. The van der Waals surface area contributed by atoms with E-state index in [1.165, 1.54) is 0 Å². The lowest BCUT2D eigenvalue weighted by Gasteiger charge is -2.13. The van der Waals surface area contributed by atoms with Crippen LogP contribution in [0.25, 0.3) is 0 Å². The van der Waals surface area contributed by atoms with Crippen LogP contribution in [-0.4, -0.2) is 11.5 Å². The van der Waals surface area contributed by atoms with Crippen molar-refractivity contribution in [3.8, 4) is 0 Å². The summed E-state index contributed by atoms with van der Waals surface area (Å²) in [6, 6.07) is 4.11. The highest BCUT2D eigenvalue weighted by Crippen LogP contribution is 2.24. The second-order valence-electron chi connectivity index (χ2n) is 3.81. The van der Waals surface area contributed by atoms with Gasteiger partial charge < -0.3 is 9.73 Å². The summed E-state index contributed by atoms with van der Waals surface area (Å²) in [5, 5.41) is 6.64. The Morgan fingerprint density at radius 3 is 2.88 bits per heavy atom. The third-order valence-electron chi connectivity index (χ3n) is 2.47. The maximum atomic E-state index is 5.61. The van der Waals surface area contributed by atoms with E-state index in [4.69, 9.17) is 4.42 Å². The Hall–Kier alpha value is -0.650. The topological polar surface area (TPSA) is 38.1 Å². The standard InChI is InChI=1S/C12H15BrN2OS/c1-3-14-10(11-4-5-12(13)16-11)6-9-7-17-8(2)15-9/h4-5,7,10,14H,3,6H2,1-2H3. The Morgan fingerprint density at radius 1 is 1.53 bits per heavy atom. The van der Waals surface area contributed by atoms with Crippen LogP contribution in [-0.2, 0) is 6.42 Å². The fourth-order valence-corrected chi connectivity index (χ4v) is 2.69. The van der Waals surface area contributed by atoms with Gasteiger partial charge in [-0.15, -0.1) is 11.3 Å². The molecule has 1 N–H and O–H groups in total. The van der Waals surface area contributed by atoms with Crippen LogP contribution in [0.3, 0.4) is 0 Å². The van der Waals surface area contributed by atoms with Gasteiger partial charge in [-0.25, -0.2) is 4.98 Å². The average molecular weight is 315 g/mol. The van der Waals surface area contributed by atoms with Crippen molar-refractivity contribution >= 4 is 27.3 Å². The molecule has 0 fully saturated rings. The van der Waals surface area contributed by atoms with Crippen molar-refractivity contribution in [2.24, 2.45) is 0 Å². The number of hydrogen-bond acceptors (Lipinski definition) is 4. The number of halogens is 1. The first-order valence-corrected chi connectivity index (χ1v) is 7.26. The molecule has 17 heavy (non-hydrogen) atoms. The zero-order valence-corrected chi connectivity index (χ0v) is 12.3. The molecule has 0 radical (unpaired) electrons. The van der Waals surface area contributed by atoms with Gasteiger partial charge in [0.05, 0.1) is 16.7 Å². The molecule has 2 aromatic heterocycles. The van der Waals surface area contributed by atoms with E-state index in [-0.39, 0.29) is 6.04 Å². The quantitative estimate of drug-likeness (QED) is 0.914. The van der Waals surface area contributed by atoms with E-state index >= 15 is 0 Å². The van der Waals surface area contributed by atoms with Crippen LogP contribution in [0.2, 0.25) is 0 Å². The van der Waals surface area contributed by atoms with E-state index < -0.39 is 0 Å². The van der Waals surface area contributed by atoms with Crippen LogP contribution in [0.15, 0.2) is 26.6 Å². The SMILES string of the molecule is CCNC(Cc1csc(C)n1)c1ccc(Br)o1. The Labute approximate surface area is 113 Å². The molecule has 1 atom stereocenters. The average Bonchev–Trinajstić information content (AvgIpc) is 2.87. The summed E-state index contributed by atoms with van der Waals surface area (Å²) >= 11 is 5.02. The Bertz CT molecular complexity index is 480. The lowest BCUT2D eigenvalue weighted by molar-refractivity contribution is 0.403. The molecule has 0 saturated carbocycles. The highest BCUT2D eigenvalue weighted by molar-refractivity contribution is 9.10. The molecule has 3 nitrogen and oxygen atoms in total. The van der Waals surface area contributed by atoms with Gasteiger partial charge in [0.2, 0.25) is 0 Å². The minimum Gasteiger partial charge on any atom is -0.453 e. The predicted molar refractivity (Wildman–Crippen MR) is 73.4 cm³/mol. The van der Waals surface area contributed by atoms with Crippen molar-refractivity contribution in [1.29, 1.82) is 0 Å². The first-order chi connectivity index (χ1) is 8.19. The molecule has 0 aliphatic heterocycles. The highest BCUT2D eigenvalue weighted by Gasteiger charge is 2.16. The fourth-order valence-electron chi connectivity index (χ4n) is 1.75. The van der Waals surface area contributed by atoms with Gasteiger partial charge in [0, 0.05) is 11.8 Å². The monoisotopic (exact) mass is 314 g/mol. The predicted octanol–water partition coefficient (Wildman–Crippen LogP) is 3.70. The fraction of sp³-hybridized carbons (Fsp3) is 0.417. The maximum Gasteiger partial charge on any atom is 0.169 e. The zero-order chi connectivity index (χ0) is 12.3. The van der Waals surface area contributed by atoms with Gasteiger partial charge in [0.1, 0.15) is 5.76 Å². The number of thiazole rings is 1. The summed E-state index contributed by atoms with van der Waals surface area (Å²) in [6.07, 6.45) is 0.859. The number of furan rings is 1. The molecule has 0 spiro atoms. The van der Waals surface area contributed by atoms with Crippen LogP contribution >= 0.6 is 27.3 Å². The zero-order valence-electron chi connectivity index (χ0n) is 9.87. The molecule has 0 amide bonds. The molecule has 5 heteroatoms. The lowest BCUT2D eigenvalue weighted by Crippen LogP contribution is -2.22. The van der Waals surface area contributed by atoms with Gasteiger partial charge in [-0.1, -0.05) is 6.92 Å². The van der Waals surface area contributed by atoms with Gasteiger partial charge in [-0.3, -0.25) is 0 Å². The largest absolute Gasteiger partial charge is 0.453 e. The number of nitrogens with one attached hydrogen (secondary N) is 1. The summed E-state index contributed by atoms with van der Waals surface area (Å²) in [5.41, 5.74) is 1.12. The summed E-state index contributed by atoms with van der Waals surface area (Å²) in [7, 11) is 0. The molecule has 0 aliphatic carbocycles. The van der Waals surface area contributed by atoms with Crippen molar-refractivity contribution in [2.75, 3.05) is 6.54 Å². The summed E-state index contributed by atoms with van der Waals surface area (Å²) < 4.78 is 6.38. The first-order valence-electron chi connectivity index (χ1n) is 5.58. The molecule has 0 bridgehead atoms. The second kappa shape index (κ2) is 5.80. The van der Waals surface area contributed by atoms with Gasteiger partial charge in [0.15, 0.2) is 4.67 Å². The lowest BCUT2D eigenvalue weighted by atomic mass is 10.1. The van der Waals surface area contributed by atoms with Crippen LogP contribution in [0.1, 0.15) is 29.4 Å². The third kappa shape index (κ3) is 3.40. The smallest absolute Gasteiger partial charge is 0.169 e. The Morgan fingerprint density at radius 2 is 2.35 bits per heavy atom. The molecular formula is C12H15BrN2OS. The number of hydrogen-bond donors (Lipinski definition) is 1. The van der Waals surface area contributed by atoms with Crippen LogP contribution in [0, 0.1) is 6.92 Å². The molecule has 2 heterocycles. The molecule has 0 saturated heterocycles. The molecule has 0 aromatic carbocycles. The van der Waals surface area contributed by atoms with Gasteiger partial charge in [-0.05, 0) is 41.5 Å². The summed E-state index contributed by atoms with van der Waals surface area (Å²) in [5.74, 6) is 0.948. The number of rotatable bonds is 5. The normalized spacial score (nSPS) is 12.9. The molecule has 92 valence electrons. The van der Waals surface area contributed by atoms with Crippen molar-refractivity contribution < 1.29 is 4.42 Å². The summed E-state index contributed by atoms with van der Waals surface area (Å²) in [4.78, 5) is 4.49. The van der Waals surface area contributed by atoms with Crippen LogP contribution < -0.4 is 5.32 Å².